The normalized spacial score (nSPS) is 14.4. The maximum absolute atomic E-state index is 13.0. The Morgan fingerprint density at radius 1 is 0.919 bits per heavy atom. The monoisotopic (exact) mass is 502 g/mol. The lowest BCUT2D eigenvalue weighted by molar-refractivity contribution is -0.133. The fourth-order valence-corrected chi connectivity index (χ4v) is 4.82. The van der Waals surface area contributed by atoms with Crippen molar-refractivity contribution in [3.8, 4) is 5.82 Å². The summed E-state index contributed by atoms with van der Waals surface area (Å²) >= 11 is 0. The van der Waals surface area contributed by atoms with E-state index in [-0.39, 0.29) is 11.5 Å². The van der Waals surface area contributed by atoms with E-state index >= 15 is 0 Å². The maximum atomic E-state index is 13.0. The number of rotatable bonds is 7. The molecule has 1 aliphatic heterocycles. The van der Waals surface area contributed by atoms with E-state index in [1.54, 1.807) is 16.6 Å². The van der Waals surface area contributed by atoms with Crippen molar-refractivity contribution < 1.29 is 14.7 Å². The van der Waals surface area contributed by atoms with Crippen LogP contribution >= 0.6 is 0 Å². The van der Waals surface area contributed by atoms with Gasteiger partial charge in [-0.1, -0.05) is 12.1 Å². The highest BCUT2D eigenvalue weighted by molar-refractivity contribution is 5.87. The summed E-state index contributed by atoms with van der Waals surface area (Å²) in [5.74, 6) is 0.621. The predicted octanol–water partition coefficient (Wildman–Crippen LogP) is 2.21. The minimum Gasteiger partial charge on any atom is -0.478 e. The number of carboxylic acid groups (broad SMARTS) is 1. The van der Waals surface area contributed by atoms with Crippen LogP contribution in [0.5, 0.6) is 0 Å². The van der Waals surface area contributed by atoms with Gasteiger partial charge in [-0.25, -0.2) is 9.48 Å². The van der Waals surface area contributed by atoms with E-state index in [2.05, 4.69) is 20.2 Å². The molecule has 37 heavy (non-hydrogen) atoms. The maximum Gasteiger partial charge on any atom is 0.335 e. The second-order valence-electron chi connectivity index (χ2n) is 9.43. The number of aromatic carboxylic acids is 1. The van der Waals surface area contributed by atoms with Crippen molar-refractivity contribution in [2.75, 3.05) is 26.2 Å². The number of carbonyl (C=O) groups excluding carboxylic acids is 1. The quantitative estimate of drug-likeness (QED) is 0.408. The summed E-state index contributed by atoms with van der Waals surface area (Å²) in [4.78, 5) is 28.2. The van der Waals surface area contributed by atoms with Crippen molar-refractivity contribution >= 4 is 17.5 Å². The first-order valence-corrected chi connectivity index (χ1v) is 12.4. The molecular weight excluding hydrogens is 472 g/mol. The molecule has 1 aromatic carbocycles. The molecular formula is C26H30N8O3. The number of amides is 1. The van der Waals surface area contributed by atoms with Gasteiger partial charge in [-0.15, -0.1) is 15.3 Å². The summed E-state index contributed by atoms with van der Waals surface area (Å²) in [6.45, 7) is 9.52. The van der Waals surface area contributed by atoms with Crippen LogP contribution in [-0.4, -0.2) is 82.6 Å². The summed E-state index contributed by atoms with van der Waals surface area (Å²) in [6.07, 6.45) is 1.06. The number of carboxylic acids is 1. The van der Waals surface area contributed by atoms with Crippen molar-refractivity contribution in [3.05, 3.63) is 70.3 Å². The lowest BCUT2D eigenvalue weighted by atomic mass is 10.1. The van der Waals surface area contributed by atoms with Crippen LogP contribution in [0.4, 0.5) is 0 Å². The summed E-state index contributed by atoms with van der Waals surface area (Å²) in [6, 6.07) is 10.7. The van der Waals surface area contributed by atoms with E-state index in [0.717, 1.165) is 42.1 Å². The molecule has 1 aliphatic rings. The smallest absolute Gasteiger partial charge is 0.335 e. The molecule has 0 bridgehead atoms. The molecule has 1 amide bonds. The third kappa shape index (κ3) is 5.08. The van der Waals surface area contributed by atoms with Crippen LogP contribution in [0.2, 0.25) is 0 Å². The van der Waals surface area contributed by atoms with Crippen LogP contribution in [-0.2, 0) is 17.8 Å². The molecule has 11 nitrogen and oxygen atoms in total. The van der Waals surface area contributed by atoms with Gasteiger partial charge in [0.15, 0.2) is 17.3 Å². The number of hydrogen-bond donors (Lipinski definition) is 1. The van der Waals surface area contributed by atoms with Gasteiger partial charge in [0, 0.05) is 44.8 Å². The van der Waals surface area contributed by atoms with Crippen LogP contribution in [0.25, 0.3) is 11.5 Å². The van der Waals surface area contributed by atoms with E-state index in [9.17, 15) is 9.59 Å². The van der Waals surface area contributed by atoms with E-state index in [1.165, 1.54) is 0 Å². The summed E-state index contributed by atoms with van der Waals surface area (Å²) in [7, 11) is 0. The van der Waals surface area contributed by atoms with Crippen molar-refractivity contribution in [1.82, 2.24) is 39.4 Å². The van der Waals surface area contributed by atoms with Crippen LogP contribution in [0.1, 0.15) is 45.1 Å². The summed E-state index contributed by atoms with van der Waals surface area (Å²) in [5, 5.41) is 26.5. The van der Waals surface area contributed by atoms with Crippen LogP contribution in [0, 0.1) is 20.8 Å². The van der Waals surface area contributed by atoms with Gasteiger partial charge in [-0.05, 0) is 62.6 Å². The van der Waals surface area contributed by atoms with Crippen molar-refractivity contribution in [3.63, 3.8) is 0 Å². The largest absolute Gasteiger partial charge is 0.478 e. The zero-order chi connectivity index (χ0) is 26.1. The van der Waals surface area contributed by atoms with Crippen LogP contribution in [0.3, 0.4) is 0 Å². The molecule has 5 rings (SSSR count). The molecule has 0 aliphatic carbocycles. The van der Waals surface area contributed by atoms with E-state index in [4.69, 9.17) is 10.2 Å². The summed E-state index contributed by atoms with van der Waals surface area (Å²) in [5.41, 5.74) is 4.98. The number of hydrogen-bond acceptors (Lipinski definition) is 7. The molecule has 0 atom stereocenters. The average Bonchev–Trinajstić information content (AvgIpc) is 3.41. The Morgan fingerprint density at radius 3 is 2.35 bits per heavy atom. The lowest BCUT2D eigenvalue weighted by Gasteiger charge is -2.35. The zero-order valence-electron chi connectivity index (χ0n) is 21.3. The Morgan fingerprint density at radius 2 is 1.65 bits per heavy atom. The molecule has 1 saturated heterocycles. The minimum absolute atomic E-state index is 0.150. The standard InChI is InChI=1S/C26H30N8O3/c1-17-22(18(2)33(29-17)24-10-9-23-28-27-19(3)34(23)30-24)8-11-25(35)32-14-12-31(13-15-32)16-20-4-6-21(7-5-20)26(36)37/h4-7,9-10H,8,11-16H2,1-3H3,(H,36,37). The number of fused-ring (bicyclic) bond motifs is 1. The van der Waals surface area contributed by atoms with Gasteiger partial charge in [-0.2, -0.15) is 9.61 Å². The molecule has 0 spiro atoms. The number of benzene rings is 1. The van der Waals surface area contributed by atoms with Crippen molar-refractivity contribution in [1.29, 1.82) is 0 Å². The van der Waals surface area contributed by atoms with E-state index < -0.39 is 5.97 Å². The minimum atomic E-state index is -0.920. The first-order chi connectivity index (χ1) is 17.8. The van der Waals surface area contributed by atoms with E-state index in [1.807, 2.05) is 54.6 Å². The number of piperazine rings is 1. The number of carbonyl (C=O) groups is 2. The van der Waals surface area contributed by atoms with Crippen molar-refractivity contribution in [2.24, 2.45) is 0 Å². The number of aryl methyl sites for hydroxylation is 2. The Kier molecular flexibility index (Phi) is 6.70. The Balaban J connectivity index is 1.17. The third-order valence-electron chi connectivity index (χ3n) is 6.98. The fraction of sp³-hybridized carbons (Fsp3) is 0.385. The SMILES string of the molecule is Cc1nn(-c2ccc3nnc(C)n3n2)c(C)c1CCC(=O)N1CCN(Cc2ccc(C(=O)O)cc2)CC1. The second-order valence-corrected chi connectivity index (χ2v) is 9.43. The summed E-state index contributed by atoms with van der Waals surface area (Å²) < 4.78 is 3.51. The molecule has 0 saturated carbocycles. The topological polar surface area (TPSA) is 122 Å². The van der Waals surface area contributed by atoms with Crippen molar-refractivity contribution in [2.45, 2.75) is 40.2 Å². The zero-order valence-corrected chi connectivity index (χ0v) is 21.3. The number of aromatic nitrogens is 6. The Labute approximate surface area is 214 Å². The molecule has 0 radical (unpaired) electrons. The van der Waals surface area contributed by atoms with E-state index in [0.29, 0.717) is 43.2 Å². The van der Waals surface area contributed by atoms with Crippen LogP contribution < -0.4 is 0 Å². The molecule has 4 heterocycles. The molecule has 1 N–H and O–H groups in total. The molecule has 192 valence electrons. The van der Waals surface area contributed by atoms with Gasteiger partial charge in [0.05, 0.1) is 11.3 Å². The first-order valence-electron chi connectivity index (χ1n) is 12.4. The van der Waals surface area contributed by atoms with Gasteiger partial charge in [0.25, 0.3) is 0 Å². The second kappa shape index (κ2) is 10.1. The average molecular weight is 503 g/mol. The fourth-order valence-electron chi connectivity index (χ4n) is 4.82. The highest BCUT2D eigenvalue weighted by Crippen LogP contribution is 2.20. The Bertz CT molecular complexity index is 1450. The Hall–Kier alpha value is -4.12. The molecule has 11 heteroatoms. The molecule has 1 fully saturated rings. The lowest BCUT2D eigenvalue weighted by Crippen LogP contribution is -2.48. The highest BCUT2D eigenvalue weighted by atomic mass is 16.4. The third-order valence-corrected chi connectivity index (χ3v) is 6.98. The first kappa shape index (κ1) is 24.6. The molecule has 3 aromatic heterocycles. The van der Waals surface area contributed by atoms with Gasteiger partial charge < -0.3 is 10.0 Å². The molecule has 0 unspecified atom stereocenters. The van der Waals surface area contributed by atoms with Gasteiger partial charge in [0.1, 0.15) is 0 Å². The highest BCUT2D eigenvalue weighted by Gasteiger charge is 2.22. The van der Waals surface area contributed by atoms with Gasteiger partial charge in [-0.3, -0.25) is 9.69 Å². The molecule has 4 aromatic rings. The van der Waals surface area contributed by atoms with Gasteiger partial charge >= 0.3 is 5.97 Å². The van der Waals surface area contributed by atoms with Crippen LogP contribution in [0.15, 0.2) is 36.4 Å². The number of nitrogens with zero attached hydrogens (tertiary/aromatic N) is 8. The van der Waals surface area contributed by atoms with Gasteiger partial charge in [0.2, 0.25) is 5.91 Å². The predicted molar refractivity (Wildman–Crippen MR) is 136 cm³/mol.